The summed E-state index contributed by atoms with van der Waals surface area (Å²) in [6, 6.07) is 3.70. The molecule has 1 aromatic carbocycles. The van der Waals surface area contributed by atoms with Gasteiger partial charge in [0, 0.05) is 0 Å². The molecule has 1 aliphatic heterocycles. The Bertz CT molecular complexity index is 656. The predicted octanol–water partition coefficient (Wildman–Crippen LogP) is 1.56. The molecule has 2 amide bonds. The van der Waals surface area contributed by atoms with Crippen molar-refractivity contribution in [2.45, 2.75) is 31.9 Å². The van der Waals surface area contributed by atoms with Gasteiger partial charge in [-0.05, 0) is 31.9 Å². The number of nitrogens with one attached hydrogen (secondary N) is 2. The number of amides is 2. The zero-order valence-corrected chi connectivity index (χ0v) is 12.7. The Kier molecular flexibility index (Phi) is 5.00. The van der Waals surface area contributed by atoms with Crippen LogP contribution in [0.25, 0.3) is 0 Å². The van der Waals surface area contributed by atoms with E-state index in [0.717, 1.165) is 0 Å². The van der Waals surface area contributed by atoms with Gasteiger partial charge < -0.3 is 20.5 Å². The zero-order chi connectivity index (χ0) is 17.0. The van der Waals surface area contributed by atoms with E-state index in [4.69, 9.17) is 4.74 Å². The Labute approximate surface area is 133 Å². The largest absolute Gasteiger partial charge is 0.480 e. The number of anilines is 1. The second-order valence-electron chi connectivity index (χ2n) is 5.16. The summed E-state index contributed by atoms with van der Waals surface area (Å²) < 4.78 is 5.48. The van der Waals surface area contributed by atoms with Crippen molar-refractivity contribution >= 4 is 23.5 Å². The third-order valence-electron chi connectivity index (χ3n) is 3.44. The van der Waals surface area contributed by atoms with Crippen molar-refractivity contribution in [1.82, 2.24) is 5.32 Å². The van der Waals surface area contributed by atoms with Gasteiger partial charge in [0.25, 0.3) is 11.8 Å². The van der Waals surface area contributed by atoms with E-state index in [1.54, 1.807) is 25.1 Å². The Morgan fingerprint density at radius 1 is 1.52 bits per heavy atom. The quantitative estimate of drug-likeness (QED) is 0.690. The van der Waals surface area contributed by atoms with E-state index in [0.29, 0.717) is 12.1 Å². The second kappa shape index (κ2) is 6.95. The van der Waals surface area contributed by atoms with Crippen molar-refractivity contribution in [3.05, 3.63) is 36.4 Å². The van der Waals surface area contributed by atoms with Crippen LogP contribution in [0.2, 0.25) is 0 Å². The van der Waals surface area contributed by atoms with Crippen LogP contribution in [0.3, 0.4) is 0 Å². The molecule has 0 aromatic heterocycles. The van der Waals surface area contributed by atoms with E-state index in [1.165, 1.54) is 6.07 Å². The molecule has 7 heteroatoms. The maximum atomic E-state index is 12.4. The number of hydrogen-bond acceptors (Lipinski definition) is 4. The standard InChI is InChI=1S/C16H18N2O5/c1-3-4-7-12(16(21)22)18-15(20)10-6-5-8-11-13(10)23-9(2)14(19)17-11/h3,5-6,8-9,12H,1,4,7H2,2H3,(H,17,19)(H,18,20)(H,21,22). The SMILES string of the molecule is C=CCCC(NC(=O)c1cccc2c1OC(C)C(=O)N2)C(=O)O. The number of ether oxygens (including phenoxy) is 1. The first-order valence-corrected chi connectivity index (χ1v) is 7.19. The molecule has 2 atom stereocenters. The van der Waals surface area contributed by atoms with E-state index in [2.05, 4.69) is 17.2 Å². The van der Waals surface area contributed by atoms with Gasteiger partial charge in [0.05, 0.1) is 11.3 Å². The molecule has 1 aliphatic rings. The molecule has 0 spiro atoms. The number of fused-ring (bicyclic) bond motifs is 1. The lowest BCUT2D eigenvalue weighted by Gasteiger charge is -2.25. The molecule has 2 unspecified atom stereocenters. The summed E-state index contributed by atoms with van der Waals surface area (Å²) >= 11 is 0. The summed E-state index contributed by atoms with van der Waals surface area (Å²) in [6.45, 7) is 5.10. The lowest BCUT2D eigenvalue weighted by Crippen LogP contribution is -2.41. The fourth-order valence-corrected chi connectivity index (χ4v) is 2.18. The molecule has 23 heavy (non-hydrogen) atoms. The van der Waals surface area contributed by atoms with Gasteiger partial charge in [0.2, 0.25) is 0 Å². The number of benzene rings is 1. The molecule has 0 aliphatic carbocycles. The van der Waals surface area contributed by atoms with Gasteiger partial charge >= 0.3 is 5.97 Å². The van der Waals surface area contributed by atoms with E-state index >= 15 is 0 Å². The van der Waals surface area contributed by atoms with Gasteiger partial charge in [-0.15, -0.1) is 6.58 Å². The summed E-state index contributed by atoms with van der Waals surface area (Å²) in [5, 5.41) is 14.3. The minimum Gasteiger partial charge on any atom is -0.480 e. The van der Waals surface area contributed by atoms with Crippen molar-refractivity contribution in [1.29, 1.82) is 0 Å². The molecule has 3 N–H and O–H groups in total. The second-order valence-corrected chi connectivity index (χ2v) is 5.16. The summed E-state index contributed by atoms with van der Waals surface area (Å²) in [7, 11) is 0. The van der Waals surface area contributed by atoms with Crippen LogP contribution in [0.4, 0.5) is 5.69 Å². The average Bonchev–Trinajstić information content (AvgIpc) is 2.51. The Balaban J connectivity index is 2.23. The van der Waals surface area contributed by atoms with E-state index in [-0.39, 0.29) is 23.6 Å². The topological polar surface area (TPSA) is 105 Å². The zero-order valence-electron chi connectivity index (χ0n) is 12.7. The molecular weight excluding hydrogens is 300 g/mol. The van der Waals surface area contributed by atoms with Crippen molar-refractivity contribution in [2.24, 2.45) is 0 Å². The van der Waals surface area contributed by atoms with E-state index < -0.39 is 24.0 Å². The fourth-order valence-electron chi connectivity index (χ4n) is 2.18. The minimum absolute atomic E-state index is 0.180. The van der Waals surface area contributed by atoms with Gasteiger partial charge in [-0.1, -0.05) is 12.1 Å². The van der Waals surface area contributed by atoms with Crippen LogP contribution in [-0.2, 0) is 9.59 Å². The third-order valence-corrected chi connectivity index (χ3v) is 3.44. The summed E-state index contributed by atoms with van der Waals surface area (Å²) in [5.74, 6) is -1.75. The molecule has 0 saturated heterocycles. The van der Waals surface area contributed by atoms with Crippen LogP contribution in [0, 0.1) is 0 Å². The molecular formula is C16H18N2O5. The first kappa shape index (κ1) is 16.5. The fraction of sp³-hybridized carbons (Fsp3) is 0.312. The van der Waals surface area contributed by atoms with Gasteiger partial charge in [0.15, 0.2) is 11.9 Å². The first-order chi connectivity index (χ1) is 10.9. The van der Waals surface area contributed by atoms with Crippen LogP contribution in [-0.4, -0.2) is 35.0 Å². The first-order valence-electron chi connectivity index (χ1n) is 7.19. The number of carboxylic acids is 1. The summed E-state index contributed by atoms with van der Waals surface area (Å²) in [4.78, 5) is 35.2. The highest BCUT2D eigenvalue weighted by atomic mass is 16.5. The lowest BCUT2D eigenvalue weighted by atomic mass is 10.1. The average molecular weight is 318 g/mol. The normalized spacial score (nSPS) is 17.3. The summed E-state index contributed by atoms with van der Waals surface area (Å²) in [6.07, 6.45) is 1.57. The molecule has 1 heterocycles. The highest BCUT2D eigenvalue weighted by Gasteiger charge is 2.29. The Morgan fingerprint density at radius 2 is 2.26 bits per heavy atom. The number of aliphatic carboxylic acids is 1. The highest BCUT2D eigenvalue weighted by Crippen LogP contribution is 2.33. The van der Waals surface area contributed by atoms with Crippen molar-refractivity contribution in [3.63, 3.8) is 0 Å². The van der Waals surface area contributed by atoms with Crippen molar-refractivity contribution in [3.8, 4) is 5.75 Å². The molecule has 0 radical (unpaired) electrons. The maximum absolute atomic E-state index is 12.4. The molecule has 0 saturated carbocycles. The Hall–Kier alpha value is -2.83. The van der Waals surface area contributed by atoms with E-state index in [1.807, 2.05) is 0 Å². The van der Waals surface area contributed by atoms with Gasteiger partial charge in [-0.2, -0.15) is 0 Å². The molecule has 1 aromatic rings. The van der Waals surface area contributed by atoms with Crippen LogP contribution in [0.1, 0.15) is 30.1 Å². The number of hydrogen-bond donors (Lipinski definition) is 3. The monoisotopic (exact) mass is 318 g/mol. The van der Waals surface area contributed by atoms with Crippen molar-refractivity contribution < 1.29 is 24.2 Å². The molecule has 0 fully saturated rings. The minimum atomic E-state index is -1.12. The maximum Gasteiger partial charge on any atom is 0.326 e. The number of carboxylic acid groups (broad SMARTS) is 1. The smallest absolute Gasteiger partial charge is 0.326 e. The van der Waals surface area contributed by atoms with Gasteiger partial charge in [0.1, 0.15) is 6.04 Å². The summed E-state index contributed by atoms with van der Waals surface area (Å²) in [5.41, 5.74) is 0.568. The molecule has 2 rings (SSSR count). The van der Waals surface area contributed by atoms with Gasteiger partial charge in [-0.25, -0.2) is 4.79 Å². The number of rotatable bonds is 6. The molecule has 122 valence electrons. The van der Waals surface area contributed by atoms with Crippen LogP contribution in [0.5, 0.6) is 5.75 Å². The third kappa shape index (κ3) is 3.68. The molecule has 7 nitrogen and oxygen atoms in total. The number of carbonyl (C=O) groups is 3. The number of carbonyl (C=O) groups excluding carboxylic acids is 2. The van der Waals surface area contributed by atoms with Crippen molar-refractivity contribution in [2.75, 3.05) is 5.32 Å². The van der Waals surface area contributed by atoms with Gasteiger partial charge in [-0.3, -0.25) is 9.59 Å². The van der Waals surface area contributed by atoms with Crippen LogP contribution in [0.15, 0.2) is 30.9 Å². The lowest BCUT2D eigenvalue weighted by molar-refractivity contribution is -0.139. The Morgan fingerprint density at radius 3 is 2.91 bits per heavy atom. The number of allylic oxidation sites excluding steroid dienone is 1. The van der Waals surface area contributed by atoms with Crippen LogP contribution < -0.4 is 15.4 Å². The predicted molar refractivity (Wildman–Crippen MR) is 83.5 cm³/mol. The highest BCUT2D eigenvalue weighted by molar-refractivity contribution is 6.04. The molecule has 0 bridgehead atoms. The number of para-hydroxylation sites is 1. The van der Waals surface area contributed by atoms with E-state index in [9.17, 15) is 19.5 Å². The van der Waals surface area contributed by atoms with Crippen LogP contribution >= 0.6 is 0 Å².